The summed E-state index contributed by atoms with van der Waals surface area (Å²) in [5, 5.41) is 0. The fourth-order valence-corrected chi connectivity index (χ4v) is 4.72. The van der Waals surface area contributed by atoms with Crippen LogP contribution in [0.2, 0.25) is 0 Å². The van der Waals surface area contributed by atoms with Gasteiger partial charge in [0.2, 0.25) is 10.0 Å². The van der Waals surface area contributed by atoms with Crippen molar-refractivity contribution in [2.45, 2.75) is 51.4 Å². The van der Waals surface area contributed by atoms with E-state index in [-0.39, 0.29) is 11.8 Å². The molecule has 0 aliphatic carbocycles. The van der Waals surface area contributed by atoms with Crippen molar-refractivity contribution in [2.75, 3.05) is 25.4 Å². The monoisotopic (exact) mass is 278 g/mol. The lowest BCUT2D eigenvalue weighted by molar-refractivity contribution is 0.0846. The molecule has 0 N–H and O–H groups in total. The van der Waals surface area contributed by atoms with E-state index in [0.717, 1.165) is 43.1 Å². The molecule has 2 atom stereocenters. The van der Waals surface area contributed by atoms with Crippen LogP contribution in [0.3, 0.4) is 0 Å². The number of nitrogens with zero attached hydrogens (tertiary/aromatic N) is 2. The van der Waals surface area contributed by atoms with Crippen LogP contribution in [-0.2, 0) is 10.0 Å². The van der Waals surface area contributed by atoms with Crippen molar-refractivity contribution in [1.29, 1.82) is 0 Å². The molecule has 4 nitrogen and oxygen atoms in total. The predicted molar refractivity (Wildman–Crippen MR) is 69.5 cm³/mol. The summed E-state index contributed by atoms with van der Waals surface area (Å²) in [5.74, 6) is 0.0533. The van der Waals surface area contributed by atoms with E-state index in [1.165, 1.54) is 0 Å². The van der Waals surface area contributed by atoms with Gasteiger partial charge in [-0.2, -0.15) is 4.31 Å². The normalized spacial score (nSPS) is 31.9. The highest BCUT2D eigenvalue weighted by atomic mass is 32.2. The quantitative estimate of drug-likeness (QED) is 0.733. The number of rotatable bonds is 4. The summed E-state index contributed by atoms with van der Waals surface area (Å²) >= 11 is 0. The van der Waals surface area contributed by atoms with Crippen LogP contribution in [0.25, 0.3) is 0 Å². The number of piperidine rings is 1. The van der Waals surface area contributed by atoms with Crippen LogP contribution in [0.1, 0.15) is 39.0 Å². The zero-order valence-corrected chi connectivity index (χ0v) is 11.8. The van der Waals surface area contributed by atoms with Gasteiger partial charge in [-0.3, -0.25) is 0 Å². The Labute approximate surface area is 109 Å². The third kappa shape index (κ3) is 3.22. The molecule has 18 heavy (non-hydrogen) atoms. The molecule has 106 valence electrons. The zero-order valence-electron chi connectivity index (χ0n) is 11.0. The molecular weight excluding hydrogens is 255 g/mol. The Hall–Kier alpha value is -0.200. The molecule has 0 amide bonds. The van der Waals surface area contributed by atoms with Gasteiger partial charge in [0.25, 0.3) is 0 Å². The molecule has 0 aromatic heterocycles. The maximum absolute atomic E-state index is 13.8. The van der Waals surface area contributed by atoms with E-state index >= 15 is 0 Å². The molecule has 0 bridgehead atoms. The minimum Gasteiger partial charge on any atom is -0.302 e. The number of halogens is 1. The Morgan fingerprint density at radius 3 is 2.44 bits per heavy atom. The second kappa shape index (κ2) is 5.84. The maximum atomic E-state index is 13.8. The van der Waals surface area contributed by atoms with Gasteiger partial charge in [-0.1, -0.05) is 0 Å². The van der Waals surface area contributed by atoms with Crippen LogP contribution >= 0.6 is 0 Å². The van der Waals surface area contributed by atoms with Crippen LogP contribution in [-0.4, -0.2) is 55.3 Å². The van der Waals surface area contributed by atoms with E-state index in [1.54, 1.807) is 6.92 Å². The fourth-order valence-electron chi connectivity index (χ4n) is 2.92. The number of sulfonamides is 1. The van der Waals surface area contributed by atoms with E-state index in [0.29, 0.717) is 13.0 Å². The summed E-state index contributed by atoms with van der Waals surface area (Å²) in [6.07, 6.45) is 2.85. The first-order valence-corrected chi connectivity index (χ1v) is 8.49. The molecule has 2 fully saturated rings. The molecular formula is C12H23FN2O2S. The Bertz CT molecular complexity index is 358. The molecule has 0 aromatic carbocycles. The number of hydrogen-bond donors (Lipinski definition) is 0. The largest absolute Gasteiger partial charge is 0.302 e. The van der Waals surface area contributed by atoms with Crippen molar-refractivity contribution >= 4 is 10.0 Å². The summed E-state index contributed by atoms with van der Waals surface area (Å²) in [4.78, 5) is 2.15. The van der Waals surface area contributed by atoms with Gasteiger partial charge < -0.3 is 4.90 Å². The summed E-state index contributed by atoms with van der Waals surface area (Å²) < 4.78 is 39.4. The van der Waals surface area contributed by atoms with E-state index in [2.05, 4.69) is 4.90 Å². The molecule has 6 heteroatoms. The van der Waals surface area contributed by atoms with Crippen LogP contribution in [0, 0.1) is 0 Å². The zero-order chi connectivity index (χ0) is 13.2. The first-order valence-electron chi connectivity index (χ1n) is 6.88. The number of likely N-dealkylation sites (tertiary alicyclic amines) is 1. The molecule has 0 saturated carbocycles. The van der Waals surface area contributed by atoms with Gasteiger partial charge in [-0.05, 0) is 52.1 Å². The molecule has 0 aromatic rings. The molecule has 0 radical (unpaired) electrons. The summed E-state index contributed by atoms with van der Waals surface area (Å²) in [6, 6.07) is -0.197. The van der Waals surface area contributed by atoms with Gasteiger partial charge in [0.1, 0.15) is 0 Å². The fraction of sp³-hybridized carbons (Fsp3) is 1.00. The van der Waals surface area contributed by atoms with E-state index in [1.807, 2.05) is 0 Å². The van der Waals surface area contributed by atoms with Crippen LogP contribution in [0.4, 0.5) is 4.39 Å². The lowest BCUT2D eigenvalue weighted by Gasteiger charge is -2.35. The van der Waals surface area contributed by atoms with Crippen LogP contribution in [0.5, 0.6) is 0 Å². The second-order valence-electron chi connectivity index (χ2n) is 5.41. The molecule has 0 unspecified atom stereocenters. The van der Waals surface area contributed by atoms with Crippen molar-refractivity contribution in [3.05, 3.63) is 0 Å². The highest BCUT2D eigenvalue weighted by molar-refractivity contribution is 7.89. The highest BCUT2D eigenvalue weighted by Gasteiger charge is 2.37. The first kappa shape index (κ1) is 14.2. The lowest BCUT2D eigenvalue weighted by Crippen LogP contribution is -2.48. The van der Waals surface area contributed by atoms with Gasteiger partial charge in [0.15, 0.2) is 6.30 Å². The number of alkyl halides is 1. The summed E-state index contributed by atoms with van der Waals surface area (Å²) in [6.45, 7) is 4.30. The van der Waals surface area contributed by atoms with E-state index in [9.17, 15) is 12.8 Å². The Balaban J connectivity index is 1.95. The molecule has 2 aliphatic rings. The Morgan fingerprint density at radius 1 is 1.17 bits per heavy atom. The third-order valence-corrected chi connectivity index (χ3v) is 5.89. The summed E-state index contributed by atoms with van der Waals surface area (Å²) in [5.41, 5.74) is 0. The van der Waals surface area contributed by atoms with Gasteiger partial charge >= 0.3 is 0 Å². The van der Waals surface area contributed by atoms with Crippen molar-refractivity contribution < 1.29 is 12.8 Å². The van der Waals surface area contributed by atoms with Crippen molar-refractivity contribution in [2.24, 2.45) is 0 Å². The summed E-state index contributed by atoms with van der Waals surface area (Å²) in [7, 11) is -3.45. The maximum Gasteiger partial charge on any atom is 0.218 e. The molecule has 2 heterocycles. The third-order valence-electron chi connectivity index (χ3n) is 3.96. The van der Waals surface area contributed by atoms with Gasteiger partial charge in [-0.25, -0.2) is 12.8 Å². The first-order chi connectivity index (χ1) is 8.50. The van der Waals surface area contributed by atoms with Crippen LogP contribution < -0.4 is 0 Å². The minimum atomic E-state index is -3.45. The van der Waals surface area contributed by atoms with E-state index in [4.69, 9.17) is 0 Å². The number of hydrogen-bond acceptors (Lipinski definition) is 3. The van der Waals surface area contributed by atoms with Crippen molar-refractivity contribution in [3.8, 4) is 0 Å². The van der Waals surface area contributed by atoms with Crippen molar-refractivity contribution in [3.63, 3.8) is 0 Å². The molecule has 0 spiro atoms. The molecule has 2 saturated heterocycles. The smallest absolute Gasteiger partial charge is 0.218 e. The Kier molecular flexibility index (Phi) is 4.61. The van der Waals surface area contributed by atoms with Gasteiger partial charge in [0.05, 0.1) is 5.75 Å². The molecule has 2 rings (SSSR count). The average Bonchev–Trinajstić information content (AvgIpc) is 2.78. The van der Waals surface area contributed by atoms with Crippen LogP contribution in [0.15, 0.2) is 0 Å². The van der Waals surface area contributed by atoms with E-state index < -0.39 is 16.3 Å². The average molecular weight is 278 g/mol. The van der Waals surface area contributed by atoms with Crippen molar-refractivity contribution in [1.82, 2.24) is 9.21 Å². The SMILES string of the molecule is C[C@H]1CCC[C@@H](F)N1S(=O)(=O)CCN1CCCC1. The van der Waals surface area contributed by atoms with Gasteiger partial charge in [-0.15, -0.1) is 0 Å². The molecule has 2 aliphatic heterocycles. The standard InChI is InChI=1S/C12H23FN2O2S/c1-11-5-4-6-12(13)15(11)18(16,17)10-9-14-7-2-3-8-14/h11-12H,2-10H2,1H3/t11-,12-/m0/s1. The Morgan fingerprint density at radius 2 is 1.83 bits per heavy atom. The minimum absolute atomic E-state index is 0.0533. The predicted octanol–water partition coefficient (Wildman–Crippen LogP) is 1.58. The second-order valence-corrected chi connectivity index (χ2v) is 7.40. The lowest BCUT2D eigenvalue weighted by atomic mass is 10.1. The topological polar surface area (TPSA) is 40.6 Å². The van der Waals surface area contributed by atoms with Gasteiger partial charge in [0, 0.05) is 12.6 Å². The highest BCUT2D eigenvalue weighted by Crippen LogP contribution is 2.27.